The average Bonchev–Trinajstić information content (AvgIpc) is 2.44. The van der Waals surface area contributed by atoms with E-state index in [2.05, 4.69) is 0 Å². The van der Waals surface area contributed by atoms with Crippen molar-refractivity contribution in [3.05, 3.63) is 35.9 Å². The van der Waals surface area contributed by atoms with Crippen molar-refractivity contribution in [1.82, 2.24) is 4.90 Å². The summed E-state index contributed by atoms with van der Waals surface area (Å²) >= 11 is 0. The molecule has 116 valence electrons. The molecule has 5 heteroatoms. The van der Waals surface area contributed by atoms with Crippen LogP contribution in [0, 0.1) is 5.92 Å². The molecule has 1 amide bonds. The van der Waals surface area contributed by atoms with Gasteiger partial charge in [0.1, 0.15) is 0 Å². The minimum absolute atomic E-state index is 0.0658. The number of nitrogens with zero attached hydrogens (tertiary/aromatic N) is 1. The number of hydrogen-bond donors (Lipinski definition) is 1. The largest absolute Gasteiger partial charge is 0.481 e. The third-order valence-electron chi connectivity index (χ3n) is 3.06. The summed E-state index contributed by atoms with van der Waals surface area (Å²) in [4.78, 5) is 25.0. The van der Waals surface area contributed by atoms with Crippen LogP contribution in [-0.4, -0.2) is 42.1 Å². The molecular weight excluding hydrogens is 270 g/mol. The van der Waals surface area contributed by atoms with E-state index in [1.807, 2.05) is 44.2 Å². The summed E-state index contributed by atoms with van der Waals surface area (Å²) in [5, 5.41) is 8.82. The Balaban J connectivity index is 2.88. The summed E-state index contributed by atoms with van der Waals surface area (Å²) in [6.45, 7) is 4.69. The average molecular weight is 293 g/mol. The van der Waals surface area contributed by atoms with Gasteiger partial charge in [-0.05, 0) is 11.5 Å². The molecule has 1 atom stereocenters. The second-order valence-corrected chi connectivity index (χ2v) is 5.35. The molecular formula is C16H23NO4. The van der Waals surface area contributed by atoms with Crippen molar-refractivity contribution in [3.63, 3.8) is 0 Å². The molecule has 1 aromatic rings. The van der Waals surface area contributed by atoms with Gasteiger partial charge < -0.3 is 14.7 Å². The fraction of sp³-hybridized carbons (Fsp3) is 0.500. The second-order valence-electron chi connectivity index (χ2n) is 5.35. The quantitative estimate of drug-likeness (QED) is 0.799. The van der Waals surface area contributed by atoms with Crippen molar-refractivity contribution in [2.75, 3.05) is 20.2 Å². The molecule has 0 fully saturated rings. The smallest absolute Gasteiger partial charge is 0.305 e. The molecule has 1 rings (SSSR count). The predicted molar refractivity (Wildman–Crippen MR) is 79.9 cm³/mol. The molecule has 0 aliphatic carbocycles. The van der Waals surface area contributed by atoms with E-state index in [1.54, 1.807) is 4.90 Å². The van der Waals surface area contributed by atoms with Gasteiger partial charge in [0, 0.05) is 20.2 Å². The van der Waals surface area contributed by atoms with Crippen LogP contribution in [0.15, 0.2) is 30.3 Å². The standard InChI is InChI=1S/C16H23NO4/c1-12(2)11-17(10-9-14(18)19)16(20)15(21-3)13-7-5-4-6-8-13/h4-8,12,15H,9-11H2,1-3H3,(H,18,19)/t15-/m1/s1. The Morgan fingerprint density at radius 3 is 2.33 bits per heavy atom. The first-order valence-corrected chi connectivity index (χ1v) is 7.04. The molecule has 0 saturated heterocycles. The van der Waals surface area contributed by atoms with Crippen molar-refractivity contribution < 1.29 is 19.4 Å². The first-order chi connectivity index (χ1) is 9.95. The fourth-order valence-corrected chi connectivity index (χ4v) is 2.14. The van der Waals surface area contributed by atoms with Crippen LogP contribution in [0.25, 0.3) is 0 Å². The van der Waals surface area contributed by atoms with Crippen LogP contribution in [0.2, 0.25) is 0 Å². The van der Waals surface area contributed by atoms with Crippen molar-refractivity contribution in [3.8, 4) is 0 Å². The highest BCUT2D eigenvalue weighted by atomic mass is 16.5. The van der Waals surface area contributed by atoms with E-state index in [4.69, 9.17) is 9.84 Å². The van der Waals surface area contributed by atoms with Gasteiger partial charge >= 0.3 is 5.97 Å². The number of benzene rings is 1. The number of carboxylic acids is 1. The number of carboxylic acid groups (broad SMARTS) is 1. The molecule has 0 bridgehead atoms. The Morgan fingerprint density at radius 2 is 1.86 bits per heavy atom. The van der Waals surface area contributed by atoms with Crippen LogP contribution in [0.1, 0.15) is 31.9 Å². The minimum Gasteiger partial charge on any atom is -0.481 e. The van der Waals surface area contributed by atoms with E-state index in [9.17, 15) is 9.59 Å². The topological polar surface area (TPSA) is 66.8 Å². The highest BCUT2D eigenvalue weighted by molar-refractivity contribution is 5.82. The van der Waals surface area contributed by atoms with E-state index in [-0.39, 0.29) is 24.8 Å². The first-order valence-electron chi connectivity index (χ1n) is 7.04. The normalized spacial score (nSPS) is 12.2. The maximum Gasteiger partial charge on any atom is 0.305 e. The maximum absolute atomic E-state index is 12.6. The van der Waals surface area contributed by atoms with Gasteiger partial charge in [0.05, 0.1) is 6.42 Å². The van der Waals surface area contributed by atoms with Crippen LogP contribution in [0.5, 0.6) is 0 Å². The van der Waals surface area contributed by atoms with Crippen LogP contribution >= 0.6 is 0 Å². The van der Waals surface area contributed by atoms with Crippen LogP contribution in [-0.2, 0) is 14.3 Å². The van der Waals surface area contributed by atoms with Gasteiger partial charge in [-0.3, -0.25) is 9.59 Å². The van der Waals surface area contributed by atoms with E-state index in [0.29, 0.717) is 6.54 Å². The van der Waals surface area contributed by atoms with Crippen LogP contribution < -0.4 is 0 Å². The number of ether oxygens (including phenoxy) is 1. The lowest BCUT2D eigenvalue weighted by Gasteiger charge is -2.28. The Morgan fingerprint density at radius 1 is 1.24 bits per heavy atom. The molecule has 0 aliphatic rings. The van der Waals surface area contributed by atoms with E-state index >= 15 is 0 Å². The number of amides is 1. The Hall–Kier alpha value is -1.88. The summed E-state index contributed by atoms with van der Waals surface area (Å²) in [5.41, 5.74) is 0.772. The Labute approximate surface area is 125 Å². The number of carbonyl (C=O) groups excluding carboxylic acids is 1. The number of methoxy groups -OCH3 is 1. The monoisotopic (exact) mass is 293 g/mol. The van der Waals surface area contributed by atoms with Gasteiger partial charge in [-0.1, -0.05) is 44.2 Å². The molecule has 1 aromatic carbocycles. The minimum atomic E-state index is -0.912. The molecule has 0 radical (unpaired) electrons. The molecule has 1 N–H and O–H groups in total. The highest BCUT2D eigenvalue weighted by Gasteiger charge is 2.26. The summed E-state index contributed by atoms with van der Waals surface area (Å²) in [6, 6.07) is 9.22. The second kappa shape index (κ2) is 8.42. The number of aliphatic carboxylic acids is 1. The van der Waals surface area contributed by atoms with Crippen LogP contribution in [0.3, 0.4) is 0 Å². The zero-order valence-electron chi connectivity index (χ0n) is 12.8. The molecule has 0 heterocycles. The van der Waals surface area contributed by atoms with Gasteiger partial charge in [0.15, 0.2) is 6.10 Å². The summed E-state index contributed by atoms with van der Waals surface area (Å²) in [5.74, 6) is -0.847. The lowest BCUT2D eigenvalue weighted by molar-refractivity contribution is -0.144. The molecule has 0 spiro atoms. The van der Waals surface area contributed by atoms with Gasteiger partial charge in [-0.15, -0.1) is 0 Å². The molecule has 0 aromatic heterocycles. The summed E-state index contributed by atoms with van der Waals surface area (Å²) < 4.78 is 5.33. The molecule has 0 aliphatic heterocycles. The zero-order valence-corrected chi connectivity index (χ0v) is 12.8. The number of hydrogen-bond acceptors (Lipinski definition) is 3. The van der Waals surface area contributed by atoms with E-state index in [0.717, 1.165) is 5.56 Å². The third-order valence-corrected chi connectivity index (χ3v) is 3.06. The molecule has 5 nitrogen and oxygen atoms in total. The van der Waals surface area contributed by atoms with Crippen molar-refractivity contribution >= 4 is 11.9 Å². The highest BCUT2D eigenvalue weighted by Crippen LogP contribution is 2.20. The Kier molecular flexibility index (Phi) is 6.88. The van der Waals surface area contributed by atoms with Gasteiger partial charge in [-0.2, -0.15) is 0 Å². The molecule has 0 saturated carbocycles. The fourth-order valence-electron chi connectivity index (χ4n) is 2.14. The Bertz CT molecular complexity index is 459. The predicted octanol–water partition coefficient (Wildman–Crippen LogP) is 2.33. The van der Waals surface area contributed by atoms with Crippen molar-refractivity contribution in [2.24, 2.45) is 5.92 Å². The zero-order chi connectivity index (χ0) is 15.8. The summed E-state index contributed by atoms with van der Waals surface area (Å²) in [6.07, 6.45) is -0.761. The SMILES string of the molecule is CO[C@@H](C(=O)N(CCC(=O)O)CC(C)C)c1ccccc1. The van der Waals surface area contributed by atoms with Crippen molar-refractivity contribution in [1.29, 1.82) is 0 Å². The van der Waals surface area contributed by atoms with Crippen molar-refractivity contribution in [2.45, 2.75) is 26.4 Å². The maximum atomic E-state index is 12.6. The van der Waals surface area contributed by atoms with Gasteiger partial charge in [0.2, 0.25) is 0 Å². The van der Waals surface area contributed by atoms with E-state index in [1.165, 1.54) is 7.11 Å². The lowest BCUT2D eigenvalue weighted by Crippen LogP contribution is -2.39. The van der Waals surface area contributed by atoms with Gasteiger partial charge in [-0.25, -0.2) is 0 Å². The molecule has 21 heavy (non-hydrogen) atoms. The summed E-state index contributed by atoms with van der Waals surface area (Å²) in [7, 11) is 1.49. The van der Waals surface area contributed by atoms with Gasteiger partial charge in [0.25, 0.3) is 5.91 Å². The number of carbonyl (C=O) groups is 2. The van der Waals surface area contributed by atoms with Crippen LogP contribution in [0.4, 0.5) is 0 Å². The number of rotatable bonds is 8. The third kappa shape index (κ3) is 5.55. The molecule has 0 unspecified atom stereocenters. The first kappa shape index (κ1) is 17.2. The lowest BCUT2D eigenvalue weighted by atomic mass is 10.1. The van der Waals surface area contributed by atoms with E-state index < -0.39 is 12.1 Å².